The van der Waals surface area contributed by atoms with Gasteiger partial charge < -0.3 is 14.5 Å². The molecule has 3 heterocycles. The molecular weight excluding hydrogens is 298 g/mol. The number of aryl methyl sites for hydroxylation is 2. The van der Waals surface area contributed by atoms with Crippen LogP contribution in [0.4, 0.5) is 4.79 Å². The summed E-state index contributed by atoms with van der Waals surface area (Å²) in [5, 5.41) is 2.85. The van der Waals surface area contributed by atoms with Gasteiger partial charge in [-0.1, -0.05) is 0 Å². The Morgan fingerprint density at radius 3 is 2.65 bits per heavy atom. The molecule has 1 N–H and O–H groups in total. The molecule has 0 spiro atoms. The zero-order chi connectivity index (χ0) is 16.4. The number of aromatic nitrogens is 1. The fourth-order valence-electron chi connectivity index (χ4n) is 3.40. The van der Waals surface area contributed by atoms with Gasteiger partial charge in [0, 0.05) is 39.6 Å². The van der Waals surface area contributed by atoms with Crippen molar-refractivity contribution in [3.63, 3.8) is 0 Å². The van der Waals surface area contributed by atoms with Crippen molar-refractivity contribution in [2.24, 2.45) is 11.8 Å². The molecule has 0 saturated carbocycles. The summed E-state index contributed by atoms with van der Waals surface area (Å²) >= 11 is 0. The molecule has 23 heavy (non-hydrogen) atoms. The number of ether oxygens (including phenoxy) is 1. The molecule has 126 valence electrons. The van der Waals surface area contributed by atoms with Crippen molar-refractivity contribution >= 4 is 11.9 Å². The Hall–Kier alpha value is -1.89. The molecule has 7 nitrogen and oxygen atoms in total. The Kier molecular flexibility index (Phi) is 4.66. The van der Waals surface area contributed by atoms with Crippen LogP contribution in [-0.4, -0.2) is 48.1 Å². The molecule has 3 amide bonds. The lowest BCUT2D eigenvalue weighted by atomic mass is 9.84. The second kappa shape index (κ2) is 6.70. The van der Waals surface area contributed by atoms with Crippen molar-refractivity contribution in [2.75, 3.05) is 26.3 Å². The lowest BCUT2D eigenvalue weighted by Gasteiger charge is -2.36. The highest BCUT2D eigenvalue weighted by molar-refractivity contribution is 5.98. The summed E-state index contributed by atoms with van der Waals surface area (Å²) in [6, 6.07) is -0.309. The van der Waals surface area contributed by atoms with Crippen LogP contribution < -0.4 is 5.32 Å². The SMILES string of the molecule is Cc1nc(CCN2C(=O)NCC(C3CCOCC3)C2=O)c(C)o1. The van der Waals surface area contributed by atoms with Gasteiger partial charge in [-0.2, -0.15) is 0 Å². The maximum atomic E-state index is 12.7. The summed E-state index contributed by atoms with van der Waals surface area (Å²) in [6.07, 6.45) is 2.27. The van der Waals surface area contributed by atoms with E-state index in [1.165, 1.54) is 4.90 Å². The molecule has 0 bridgehead atoms. The molecule has 1 atom stereocenters. The first-order chi connectivity index (χ1) is 11.1. The Bertz CT molecular complexity index is 592. The van der Waals surface area contributed by atoms with Crippen LogP contribution >= 0.6 is 0 Å². The van der Waals surface area contributed by atoms with E-state index >= 15 is 0 Å². The highest BCUT2D eigenvalue weighted by Crippen LogP contribution is 2.27. The Morgan fingerprint density at radius 1 is 1.26 bits per heavy atom. The van der Waals surface area contributed by atoms with Gasteiger partial charge in [0.25, 0.3) is 0 Å². The third-order valence-corrected chi connectivity index (χ3v) is 4.71. The van der Waals surface area contributed by atoms with Gasteiger partial charge in [-0.15, -0.1) is 0 Å². The largest absolute Gasteiger partial charge is 0.446 e. The predicted octanol–water partition coefficient (Wildman–Crippen LogP) is 1.43. The summed E-state index contributed by atoms with van der Waals surface area (Å²) in [6.45, 7) is 5.78. The first kappa shape index (κ1) is 16.0. The minimum absolute atomic E-state index is 0.0708. The van der Waals surface area contributed by atoms with Crippen LogP contribution in [0.25, 0.3) is 0 Å². The number of hydrogen-bond acceptors (Lipinski definition) is 5. The predicted molar refractivity (Wildman–Crippen MR) is 81.8 cm³/mol. The normalized spacial score (nSPS) is 23.2. The third kappa shape index (κ3) is 3.39. The summed E-state index contributed by atoms with van der Waals surface area (Å²) in [7, 11) is 0. The van der Waals surface area contributed by atoms with E-state index in [1.54, 1.807) is 6.92 Å². The number of carbonyl (C=O) groups is 2. The van der Waals surface area contributed by atoms with Gasteiger partial charge in [0.05, 0.1) is 11.6 Å². The highest BCUT2D eigenvalue weighted by atomic mass is 16.5. The number of carbonyl (C=O) groups excluding carboxylic acids is 2. The molecule has 3 rings (SSSR count). The molecule has 0 aliphatic carbocycles. The van der Waals surface area contributed by atoms with Crippen LogP contribution in [-0.2, 0) is 16.0 Å². The topological polar surface area (TPSA) is 84.7 Å². The van der Waals surface area contributed by atoms with Gasteiger partial charge in [0.2, 0.25) is 5.91 Å². The van der Waals surface area contributed by atoms with E-state index in [4.69, 9.17) is 9.15 Å². The number of nitrogens with zero attached hydrogens (tertiary/aromatic N) is 2. The summed E-state index contributed by atoms with van der Waals surface area (Å²) in [5.41, 5.74) is 0.802. The zero-order valence-corrected chi connectivity index (χ0v) is 13.6. The summed E-state index contributed by atoms with van der Waals surface area (Å²) < 4.78 is 10.8. The lowest BCUT2D eigenvalue weighted by Crippen LogP contribution is -2.57. The average molecular weight is 321 g/mol. The maximum absolute atomic E-state index is 12.7. The van der Waals surface area contributed by atoms with Crippen LogP contribution in [0.1, 0.15) is 30.2 Å². The molecule has 2 saturated heterocycles. The second-order valence-corrected chi connectivity index (χ2v) is 6.22. The Morgan fingerprint density at radius 2 is 2.00 bits per heavy atom. The fraction of sp³-hybridized carbons (Fsp3) is 0.688. The average Bonchev–Trinajstić information content (AvgIpc) is 2.86. The lowest BCUT2D eigenvalue weighted by molar-refractivity contribution is -0.137. The highest BCUT2D eigenvalue weighted by Gasteiger charge is 2.39. The van der Waals surface area contributed by atoms with Crippen LogP contribution in [0, 0.1) is 25.7 Å². The smallest absolute Gasteiger partial charge is 0.324 e. The Balaban J connectivity index is 1.65. The van der Waals surface area contributed by atoms with Crippen molar-refractivity contribution in [1.29, 1.82) is 0 Å². The van der Waals surface area contributed by atoms with Gasteiger partial charge in [0.15, 0.2) is 5.89 Å². The van der Waals surface area contributed by atoms with E-state index in [-0.39, 0.29) is 23.8 Å². The molecule has 0 radical (unpaired) electrons. The van der Waals surface area contributed by atoms with Crippen molar-refractivity contribution in [1.82, 2.24) is 15.2 Å². The van der Waals surface area contributed by atoms with Crippen LogP contribution in [0.3, 0.4) is 0 Å². The number of amides is 3. The standard InChI is InChI=1S/C16H23N3O4/c1-10-14(18-11(2)23-10)3-6-19-15(20)13(9-17-16(19)21)12-4-7-22-8-5-12/h12-13H,3-9H2,1-2H3,(H,17,21). The monoisotopic (exact) mass is 321 g/mol. The molecule has 1 aromatic rings. The molecule has 2 aliphatic heterocycles. The van der Waals surface area contributed by atoms with E-state index in [1.807, 2.05) is 6.92 Å². The first-order valence-electron chi connectivity index (χ1n) is 8.16. The van der Waals surface area contributed by atoms with Gasteiger partial charge >= 0.3 is 6.03 Å². The number of nitrogens with one attached hydrogen (secondary N) is 1. The second-order valence-electron chi connectivity index (χ2n) is 6.22. The van der Waals surface area contributed by atoms with Gasteiger partial charge in [-0.25, -0.2) is 9.78 Å². The Labute approximate surface area is 135 Å². The molecule has 1 aromatic heterocycles. The van der Waals surface area contributed by atoms with Crippen LogP contribution in [0.15, 0.2) is 4.42 Å². The van der Waals surface area contributed by atoms with Crippen molar-refractivity contribution in [3.05, 3.63) is 17.3 Å². The van der Waals surface area contributed by atoms with Gasteiger partial charge in [-0.3, -0.25) is 9.69 Å². The quantitative estimate of drug-likeness (QED) is 0.907. The molecule has 1 unspecified atom stereocenters. The number of oxazole rings is 1. The van der Waals surface area contributed by atoms with E-state index in [2.05, 4.69) is 10.3 Å². The van der Waals surface area contributed by atoms with Crippen LogP contribution in [0.2, 0.25) is 0 Å². The van der Waals surface area contributed by atoms with Gasteiger partial charge in [-0.05, 0) is 25.7 Å². The van der Waals surface area contributed by atoms with E-state index in [9.17, 15) is 9.59 Å². The van der Waals surface area contributed by atoms with E-state index < -0.39 is 0 Å². The molecule has 7 heteroatoms. The van der Waals surface area contributed by atoms with E-state index in [0.717, 1.165) is 24.3 Å². The first-order valence-corrected chi connectivity index (χ1v) is 8.16. The molecule has 2 fully saturated rings. The number of rotatable bonds is 4. The van der Waals surface area contributed by atoms with Crippen LogP contribution in [0.5, 0.6) is 0 Å². The zero-order valence-electron chi connectivity index (χ0n) is 13.6. The van der Waals surface area contributed by atoms with Gasteiger partial charge in [0.1, 0.15) is 5.76 Å². The van der Waals surface area contributed by atoms with Crippen molar-refractivity contribution in [3.8, 4) is 0 Å². The number of urea groups is 1. The molecule has 0 aromatic carbocycles. The minimum Gasteiger partial charge on any atom is -0.446 e. The maximum Gasteiger partial charge on any atom is 0.324 e. The van der Waals surface area contributed by atoms with Crippen molar-refractivity contribution < 1.29 is 18.7 Å². The van der Waals surface area contributed by atoms with Crippen molar-refractivity contribution in [2.45, 2.75) is 33.1 Å². The summed E-state index contributed by atoms with van der Waals surface area (Å²) in [4.78, 5) is 30.4. The minimum atomic E-state index is -0.309. The fourth-order valence-corrected chi connectivity index (χ4v) is 3.40. The number of imide groups is 1. The molecule has 2 aliphatic rings. The van der Waals surface area contributed by atoms with E-state index in [0.29, 0.717) is 38.6 Å². The molecular formula is C16H23N3O4. The summed E-state index contributed by atoms with van der Waals surface area (Å²) in [5.74, 6) is 1.42. The number of hydrogen-bond donors (Lipinski definition) is 1. The third-order valence-electron chi connectivity index (χ3n) is 4.71.